The average molecular weight is 556 g/mol. The Morgan fingerprint density at radius 1 is 1.08 bits per heavy atom. The van der Waals surface area contributed by atoms with Crippen molar-refractivity contribution in [2.45, 2.75) is 65.9 Å². The summed E-state index contributed by atoms with van der Waals surface area (Å²) in [6.45, 7) is 16.3. The normalized spacial score (nSPS) is 19.4. The minimum absolute atomic E-state index is 0.111. The number of halogens is 6. The predicted octanol–water partition coefficient (Wildman–Crippen LogP) is 7.07. The molecule has 38 heavy (non-hydrogen) atoms. The molecule has 0 amide bonds. The summed E-state index contributed by atoms with van der Waals surface area (Å²) in [5.74, 6) is 0.843. The molecule has 1 atom stereocenters. The Balaban J connectivity index is 0. The zero-order valence-corrected chi connectivity index (χ0v) is 22.8. The molecule has 1 aromatic carbocycles. The Labute approximate surface area is 221 Å². The van der Waals surface area contributed by atoms with E-state index in [1.807, 2.05) is 13.6 Å². The van der Waals surface area contributed by atoms with Crippen LogP contribution in [0.1, 0.15) is 51.7 Å². The van der Waals surface area contributed by atoms with E-state index in [-0.39, 0.29) is 11.5 Å². The standard InChI is InChI=1S/C13H20F3NO.C8H7F3.C4H8O.2CH2O/c1-9(7-11(17-4)13(14,15)16)10-8-12(2,3)5-6-18-10;1-6-3-2-4-7(5-6)8(9,10)11;1-4-2-5-3-4;2*1-2/h7,10H,5-6,8H2,1-4H3;2-5H,1H3;4H,2-3H2,1H3;2*1H2/b9-7+,17-11?;;;;/t10-;;;;/m0..../s1. The summed E-state index contributed by atoms with van der Waals surface area (Å²) in [6.07, 6.45) is -6.10. The second-order valence-electron chi connectivity index (χ2n) is 9.48. The van der Waals surface area contributed by atoms with Crippen molar-refractivity contribution in [1.29, 1.82) is 0 Å². The van der Waals surface area contributed by atoms with Gasteiger partial charge in [-0.25, -0.2) is 0 Å². The molecule has 2 saturated heterocycles. The van der Waals surface area contributed by atoms with E-state index in [0.29, 0.717) is 17.7 Å². The van der Waals surface area contributed by atoms with Crippen molar-refractivity contribution in [3.8, 4) is 0 Å². The lowest BCUT2D eigenvalue weighted by molar-refractivity contribution is -0.137. The minimum Gasteiger partial charge on any atom is -0.381 e. The molecule has 3 rings (SSSR count). The Morgan fingerprint density at radius 2 is 1.61 bits per heavy atom. The summed E-state index contributed by atoms with van der Waals surface area (Å²) in [5, 5.41) is 0. The number of alkyl halides is 6. The number of carbonyl (C=O) groups is 2. The van der Waals surface area contributed by atoms with E-state index in [4.69, 9.17) is 19.1 Å². The van der Waals surface area contributed by atoms with Crippen LogP contribution in [0, 0.1) is 18.3 Å². The lowest BCUT2D eigenvalue weighted by atomic mass is 9.80. The highest BCUT2D eigenvalue weighted by Crippen LogP contribution is 2.35. The largest absolute Gasteiger partial charge is 0.432 e. The van der Waals surface area contributed by atoms with Crippen molar-refractivity contribution >= 4 is 19.3 Å². The van der Waals surface area contributed by atoms with E-state index < -0.39 is 23.6 Å². The number of allylic oxidation sites excluding steroid dienone is 1. The molecule has 0 unspecified atom stereocenters. The van der Waals surface area contributed by atoms with Crippen LogP contribution in [0.15, 0.2) is 40.9 Å². The highest BCUT2D eigenvalue weighted by atomic mass is 19.4. The summed E-state index contributed by atoms with van der Waals surface area (Å²) in [7, 11) is 1.15. The monoisotopic (exact) mass is 555 g/mol. The molecule has 1 aromatic rings. The van der Waals surface area contributed by atoms with E-state index in [2.05, 4.69) is 25.8 Å². The fourth-order valence-corrected chi connectivity index (χ4v) is 3.19. The Kier molecular flexibility index (Phi) is 17.7. The molecule has 0 saturated carbocycles. The average Bonchev–Trinajstić information content (AvgIpc) is 2.82. The van der Waals surface area contributed by atoms with Gasteiger partial charge >= 0.3 is 12.4 Å². The van der Waals surface area contributed by atoms with Crippen LogP contribution < -0.4 is 0 Å². The minimum atomic E-state index is -4.40. The lowest BCUT2D eigenvalue weighted by Crippen LogP contribution is -2.32. The molecule has 218 valence electrons. The number of ether oxygens (including phenoxy) is 2. The summed E-state index contributed by atoms with van der Waals surface area (Å²) < 4.78 is 84.0. The zero-order chi connectivity index (χ0) is 30.2. The van der Waals surface area contributed by atoms with Crippen molar-refractivity contribution < 1.29 is 45.4 Å². The van der Waals surface area contributed by atoms with E-state index in [1.165, 1.54) is 6.07 Å². The first-order chi connectivity index (χ1) is 17.5. The fraction of sp³-hybridized carbons (Fsp3) is 0.593. The van der Waals surface area contributed by atoms with Crippen LogP contribution in [-0.2, 0) is 25.2 Å². The SMILES string of the molecule is C=O.C=O.CC1COC1.CN=C(/C=C(\C)[C@@H]1CC(C)(C)CCO1)C(F)(F)F.Cc1cccc(C(F)(F)F)c1. The lowest BCUT2D eigenvalue weighted by Gasteiger charge is -2.35. The van der Waals surface area contributed by atoms with Gasteiger partial charge in [-0.3, -0.25) is 4.99 Å². The van der Waals surface area contributed by atoms with Crippen molar-refractivity contribution in [2.24, 2.45) is 16.3 Å². The van der Waals surface area contributed by atoms with Gasteiger partial charge in [0.2, 0.25) is 0 Å². The van der Waals surface area contributed by atoms with Gasteiger partial charge in [-0.1, -0.05) is 44.5 Å². The van der Waals surface area contributed by atoms with Crippen LogP contribution in [-0.4, -0.2) is 58.4 Å². The molecule has 0 aromatic heterocycles. The van der Waals surface area contributed by atoms with Gasteiger partial charge in [-0.05, 0) is 49.8 Å². The first kappa shape index (κ1) is 37.6. The molecule has 0 N–H and O–H groups in total. The quantitative estimate of drug-likeness (QED) is 0.289. The highest BCUT2D eigenvalue weighted by molar-refractivity contribution is 5.99. The van der Waals surface area contributed by atoms with Gasteiger partial charge in [-0.15, -0.1) is 0 Å². The number of hydrogen-bond acceptors (Lipinski definition) is 5. The van der Waals surface area contributed by atoms with E-state index in [0.717, 1.165) is 57.2 Å². The number of aryl methyl sites for hydroxylation is 1. The van der Waals surface area contributed by atoms with Crippen LogP contribution in [0.25, 0.3) is 0 Å². The topological polar surface area (TPSA) is 65.0 Å². The second-order valence-corrected chi connectivity index (χ2v) is 9.48. The summed E-state index contributed by atoms with van der Waals surface area (Å²) >= 11 is 0. The Hall–Kier alpha value is -2.53. The first-order valence-corrected chi connectivity index (χ1v) is 11.7. The van der Waals surface area contributed by atoms with Crippen molar-refractivity contribution in [3.05, 3.63) is 47.0 Å². The van der Waals surface area contributed by atoms with Crippen molar-refractivity contribution in [1.82, 2.24) is 0 Å². The number of aliphatic imine (C=N–C) groups is 1. The van der Waals surface area contributed by atoms with Gasteiger partial charge in [-0.2, -0.15) is 26.3 Å². The third-order valence-electron chi connectivity index (χ3n) is 5.39. The van der Waals surface area contributed by atoms with Gasteiger partial charge in [0, 0.05) is 19.6 Å². The first-order valence-electron chi connectivity index (χ1n) is 11.7. The maximum atomic E-state index is 12.6. The molecule has 11 heteroatoms. The van der Waals surface area contributed by atoms with E-state index >= 15 is 0 Å². The van der Waals surface area contributed by atoms with Gasteiger partial charge in [0.05, 0.1) is 24.9 Å². The zero-order valence-electron chi connectivity index (χ0n) is 22.8. The van der Waals surface area contributed by atoms with Crippen LogP contribution >= 0.6 is 0 Å². The smallest absolute Gasteiger partial charge is 0.381 e. The second kappa shape index (κ2) is 17.9. The maximum Gasteiger partial charge on any atom is 0.432 e. The Bertz CT molecular complexity index is 860. The molecule has 2 fully saturated rings. The summed E-state index contributed by atoms with van der Waals surface area (Å²) in [4.78, 5) is 19.3. The van der Waals surface area contributed by atoms with Gasteiger partial charge in [0.25, 0.3) is 0 Å². The van der Waals surface area contributed by atoms with Crippen LogP contribution in [0.3, 0.4) is 0 Å². The number of rotatable bonds is 2. The van der Waals surface area contributed by atoms with Gasteiger partial charge < -0.3 is 19.1 Å². The Morgan fingerprint density at radius 3 is 1.92 bits per heavy atom. The van der Waals surface area contributed by atoms with Crippen molar-refractivity contribution in [2.75, 3.05) is 26.9 Å². The highest BCUT2D eigenvalue weighted by Gasteiger charge is 2.35. The van der Waals surface area contributed by atoms with E-state index in [1.54, 1.807) is 19.9 Å². The van der Waals surface area contributed by atoms with Crippen LogP contribution in [0.4, 0.5) is 26.3 Å². The van der Waals surface area contributed by atoms with Crippen LogP contribution in [0.2, 0.25) is 0 Å². The molecule has 2 heterocycles. The molecule has 2 aliphatic rings. The molecule has 0 spiro atoms. The molecular formula is C27H39F6NO4. The molecule has 0 bridgehead atoms. The van der Waals surface area contributed by atoms with E-state index in [9.17, 15) is 26.3 Å². The number of nitrogens with zero attached hydrogens (tertiary/aromatic N) is 1. The third-order valence-corrected chi connectivity index (χ3v) is 5.39. The maximum absolute atomic E-state index is 12.6. The van der Waals surface area contributed by atoms with Crippen molar-refractivity contribution in [3.63, 3.8) is 0 Å². The number of carbonyl (C=O) groups excluding carboxylic acids is 2. The molecule has 5 nitrogen and oxygen atoms in total. The summed E-state index contributed by atoms with van der Waals surface area (Å²) in [5.41, 5.74) is -0.121. The molecule has 0 aliphatic carbocycles. The summed E-state index contributed by atoms with van der Waals surface area (Å²) in [6, 6.07) is 5.22. The van der Waals surface area contributed by atoms with Gasteiger partial charge in [0.15, 0.2) is 0 Å². The number of benzene rings is 1. The fourth-order valence-electron chi connectivity index (χ4n) is 3.19. The predicted molar refractivity (Wildman–Crippen MR) is 136 cm³/mol. The van der Waals surface area contributed by atoms with Crippen LogP contribution in [0.5, 0.6) is 0 Å². The molecular weight excluding hydrogens is 516 g/mol. The molecule has 0 radical (unpaired) electrons. The van der Waals surface area contributed by atoms with Gasteiger partial charge in [0.1, 0.15) is 19.3 Å². The molecule has 2 aliphatic heterocycles. The third kappa shape index (κ3) is 15.7. The number of hydrogen-bond donors (Lipinski definition) is 0.